The minimum atomic E-state index is -0.614. The fourth-order valence-electron chi connectivity index (χ4n) is 4.24. The predicted molar refractivity (Wildman–Crippen MR) is 133 cm³/mol. The van der Waals surface area contributed by atoms with Crippen LogP contribution in [0.5, 0.6) is 5.75 Å². The van der Waals surface area contributed by atoms with E-state index in [0.29, 0.717) is 19.7 Å². The molecule has 2 unspecified atom stereocenters. The van der Waals surface area contributed by atoms with Crippen molar-refractivity contribution in [2.75, 3.05) is 39.4 Å². The van der Waals surface area contributed by atoms with E-state index in [2.05, 4.69) is 18.4 Å². The normalized spacial score (nSPS) is 16.8. The summed E-state index contributed by atoms with van der Waals surface area (Å²) >= 11 is 1.75. The highest BCUT2D eigenvalue weighted by Gasteiger charge is 2.33. The van der Waals surface area contributed by atoms with Gasteiger partial charge in [-0.05, 0) is 74.9 Å². The SMILES string of the molecule is CCCN(CC(=O)N1CCc2sccc2C1COc1cccc(C)c1)CC(O)COC(C)C. The topological polar surface area (TPSA) is 62.2 Å². The van der Waals surface area contributed by atoms with Crippen molar-refractivity contribution in [2.45, 2.75) is 58.8 Å². The van der Waals surface area contributed by atoms with E-state index in [1.807, 2.05) is 54.8 Å². The van der Waals surface area contributed by atoms with E-state index in [9.17, 15) is 9.90 Å². The summed E-state index contributed by atoms with van der Waals surface area (Å²) in [5, 5.41) is 12.5. The van der Waals surface area contributed by atoms with E-state index in [1.165, 1.54) is 10.4 Å². The zero-order valence-corrected chi connectivity index (χ0v) is 21.1. The molecule has 33 heavy (non-hydrogen) atoms. The third-order valence-corrected chi connectivity index (χ3v) is 6.80. The van der Waals surface area contributed by atoms with Crippen molar-refractivity contribution in [3.63, 3.8) is 0 Å². The molecule has 0 spiro atoms. The van der Waals surface area contributed by atoms with Crippen molar-refractivity contribution in [3.8, 4) is 5.75 Å². The number of carbonyl (C=O) groups excluding carboxylic acids is 1. The Balaban J connectivity index is 1.67. The quantitative estimate of drug-likeness (QED) is 0.503. The number of nitrogens with zero attached hydrogens (tertiary/aromatic N) is 2. The Morgan fingerprint density at radius 2 is 2.15 bits per heavy atom. The lowest BCUT2D eigenvalue weighted by Gasteiger charge is -2.37. The maximum absolute atomic E-state index is 13.5. The van der Waals surface area contributed by atoms with Crippen molar-refractivity contribution in [1.82, 2.24) is 9.80 Å². The van der Waals surface area contributed by atoms with Crippen LogP contribution >= 0.6 is 11.3 Å². The number of aryl methyl sites for hydroxylation is 1. The first-order chi connectivity index (χ1) is 15.9. The first kappa shape index (κ1) is 25.7. The molecule has 0 saturated heterocycles. The molecule has 0 fully saturated rings. The molecule has 3 rings (SSSR count). The lowest BCUT2D eigenvalue weighted by Crippen LogP contribution is -2.48. The Hall–Kier alpha value is -1.93. The fourth-order valence-corrected chi connectivity index (χ4v) is 5.17. The minimum absolute atomic E-state index is 0.0724. The third kappa shape index (κ3) is 7.54. The lowest BCUT2D eigenvalue weighted by atomic mass is 10.0. The first-order valence-electron chi connectivity index (χ1n) is 11.9. The summed E-state index contributed by atoms with van der Waals surface area (Å²) in [6.07, 6.45) is 1.25. The Morgan fingerprint density at radius 1 is 1.33 bits per heavy atom. The van der Waals surface area contributed by atoms with Crippen LogP contribution in [0.3, 0.4) is 0 Å². The molecule has 0 saturated carbocycles. The van der Waals surface area contributed by atoms with Gasteiger partial charge in [-0.25, -0.2) is 0 Å². The van der Waals surface area contributed by atoms with Gasteiger partial charge in [0.15, 0.2) is 0 Å². The van der Waals surface area contributed by atoms with Gasteiger partial charge in [-0.3, -0.25) is 9.69 Å². The van der Waals surface area contributed by atoms with Gasteiger partial charge in [0, 0.05) is 18.0 Å². The van der Waals surface area contributed by atoms with E-state index in [1.54, 1.807) is 11.3 Å². The highest BCUT2D eigenvalue weighted by atomic mass is 32.1. The van der Waals surface area contributed by atoms with Gasteiger partial charge >= 0.3 is 0 Å². The number of aliphatic hydroxyl groups excluding tert-OH is 1. The average Bonchev–Trinajstić information content (AvgIpc) is 3.25. The van der Waals surface area contributed by atoms with E-state index >= 15 is 0 Å². The summed E-state index contributed by atoms with van der Waals surface area (Å²) in [7, 11) is 0. The van der Waals surface area contributed by atoms with Gasteiger partial charge in [0.2, 0.25) is 5.91 Å². The largest absolute Gasteiger partial charge is 0.491 e. The Kier molecular flexibility index (Phi) is 9.74. The number of fused-ring (bicyclic) bond motifs is 1. The van der Waals surface area contributed by atoms with Crippen LogP contribution in [0, 0.1) is 6.92 Å². The van der Waals surface area contributed by atoms with E-state index in [4.69, 9.17) is 9.47 Å². The maximum atomic E-state index is 13.5. The van der Waals surface area contributed by atoms with Crippen LogP contribution in [-0.2, 0) is 16.0 Å². The van der Waals surface area contributed by atoms with Crippen molar-refractivity contribution >= 4 is 17.2 Å². The molecule has 182 valence electrons. The van der Waals surface area contributed by atoms with Crippen molar-refractivity contribution in [1.29, 1.82) is 0 Å². The van der Waals surface area contributed by atoms with Gasteiger partial charge in [0.1, 0.15) is 12.4 Å². The predicted octanol–water partition coefficient (Wildman–Crippen LogP) is 4.06. The Bertz CT molecular complexity index is 885. The van der Waals surface area contributed by atoms with Crippen LogP contribution in [0.25, 0.3) is 0 Å². The van der Waals surface area contributed by atoms with Gasteiger partial charge in [0.05, 0.1) is 31.4 Å². The summed E-state index contributed by atoms with van der Waals surface area (Å²) in [5.41, 5.74) is 2.34. The number of hydrogen-bond acceptors (Lipinski definition) is 6. The van der Waals surface area contributed by atoms with Crippen LogP contribution < -0.4 is 4.74 Å². The van der Waals surface area contributed by atoms with Gasteiger partial charge in [-0.2, -0.15) is 0 Å². The highest BCUT2D eigenvalue weighted by molar-refractivity contribution is 7.10. The average molecular weight is 475 g/mol. The molecule has 1 N–H and O–H groups in total. The molecule has 1 aliphatic heterocycles. The summed E-state index contributed by atoms with van der Waals surface area (Å²) in [4.78, 5) is 18.8. The maximum Gasteiger partial charge on any atom is 0.237 e. The summed E-state index contributed by atoms with van der Waals surface area (Å²) in [6.45, 7) is 10.9. The van der Waals surface area contributed by atoms with Crippen molar-refractivity contribution in [2.24, 2.45) is 0 Å². The molecular formula is C26H38N2O4S. The van der Waals surface area contributed by atoms with Crippen molar-refractivity contribution < 1.29 is 19.4 Å². The fraction of sp³-hybridized carbons (Fsp3) is 0.577. The minimum Gasteiger partial charge on any atom is -0.491 e. The summed E-state index contributed by atoms with van der Waals surface area (Å²) in [5.74, 6) is 0.903. The standard InChI is InChI=1S/C26H38N2O4S/c1-5-11-27(15-21(29)17-31-19(2)3)16-26(30)28-12-9-25-23(10-13-33-25)24(28)18-32-22-8-6-7-20(4)14-22/h6-8,10,13-14,19,21,24,29H,5,9,11-12,15-18H2,1-4H3. The Morgan fingerprint density at radius 3 is 2.88 bits per heavy atom. The number of thiophene rings is 1. The molecule has 2 heterocycles. The second kappa shape index (κ2) is 12.5. The zero-order valence-electron chi connectivity index (χ0n) is 20.3. The molecule has 2 atom stereocenters. The first-order valence-corrected chi connectivity index (χ1v) is 12.8. The van der Waals surface area contributed by atoms with Gasteiger partial charge < -0.3 is 19.5 Å². The van der Waals surface area contributed by atoms with Gasteiger partial charge in [0.25, 0.3) is 0 Å². The number of carbonyl (C=O) groups is 1. The van der Waals surface area contributed by atoms with Crippen LogP contribution in [0.4, 0.5) is 0 Å². The molecule has 6 nitrogen and oxygen atoms in total. The number of ether oxygens (including phenoxy) is 2. The van der Waals surface area contributed by atoms with Gasteiger partial charge in [-0.15, -0.1) is 11.3 Å². The third-order valence-electron chi connectivity index (χ3n) is 5.80. The van der Waals surface area contributed by atoms with Crippen LogP contribution in [0.2, 0.25) is 0 Å². The van der Waals surface area contributed by atoms with Crippen LogP contribution in [-0.4, -0.2) is 72.4 Å². The van der Waals surface area contributed by atoms with Crippen LogP contribution in [0.1, 0.15) is 49.2 Å². The van der Waals surface area contributed by atoms with E-state index in [0.717, 1.165) is 30.7 Å². The number of hydrogen-bond donors (Lipinski definition) is 1. The van der Waals surface area contributed by atoms with Crippen molar-refractivity contribution in [3.05, 3.63) is 51.7 Å². The van der Waals surface area contributed by atoms with E-state index < -0.39 is 6.10 Å². The number of benzene rings is 1. The molecule has 0 radical (unpaired) electrons. The number of amides is 1. The number of aliphatic hydroxyl groups is 1. The highest BCUT2D eigenvalue weighted by Crippen LogP contribution is 2.34. The second-order valence-electron chi connectivity index (χ2n) is 9.05. The summed E-state index contributed by atoms with van der Waals surface area (Å²) in [6, 6.07) is 10.0. The monoisotopic (exact) mass is 474 g/mol. The second-order valence-corrected chi connectivity index (χ2v) is 10.1. The molecular weight excluding hydrogens is 436 g/mol. The van der Waals surface area contributed by atoms with E-state index in [-0.39, 0.29) is 31.2 Å². The smallest absolute Gasteiger partial charge is 0.237 e. The molecule has 2 aromatic rings. The molecule has 1 amide bonds. The van der Waals surface area contributed by atoms with Crippen LogP contribution in [0.15, 0.2) is 35.7 Å². The molecule has 1 aromatic heterocycles. The molecule has 1 aromatic carbocycles. The van der Waals surface area contributed by atoms with Gasteiger partial charge in [-0.1, -0.05) is 19.1 Å². The molecule has 0 bridgehead atoms. The lowest BCUT2D eigenvalue weighted by molar-refractivity contribution is -0.136. The summed E-state index contributed by atoms with van der Waals surface area (Å²) < 4.78 is 11.7. The zero-order chi connectivity index (χ0) is 23.8. The molecule has 0 aliphatic carbocycles. The molecule has 7 heteroatoms. The number of rotatable bonds is 12. The Labute approximate surface area is 202 Å². The molecule has 1 aliphatic rings.